The van der Waals surface area contributed by atoms with Gasteiger partial charge in [0.2, 0.25) is 5.78 Å². The summed E-state index contributed by atoms with van der Waals surface area (Å²) in [5.41, 5.74) is 1.01. The van der Waals surface area contributed by atoms with E-state index in [9.17, 15) is 27.6 Å². The molecule has 0 spiro atoms. The Kier molecular flexibility index (Phi) is 8.44. The van der Waals surface area contributed by atoms with Crippen LogP contribution in [0.2, 0.25) is 0 Å². The summed E-state index contributed by atoms with van der Waals surface area (Å²) < 4.78 is 43.9. The van der Waals surface area contributed by atoms with Crippen LogP contribution in [0.3, 0.4) is 0 Å². The molecule has 5 atom stereocenters. The molecule has 15 heteroatoms. The molecule has 4 rings (SSSR count). The average Bonchev–Trinajstić information content (AvgIpc) is 3.48. The number of carbonyl (C=O) groups excluding carboxylic acids is 1. The molecule has 0 amide bonds. The van der Waals surface area contributed by atoms with Gasteiger partial charge in [0.25, 0.3) is 0 Å². The summed E-state index contributed by atoms with van der Waals surface area (Å²) in [6, 6.07) is 7.80. The molecule has 13 nitrogen and oxygen atoms in total. The highest BCUT2D eigenvalue weighted by molar-refractivity contribution is 7.88. The van der Waals surface area contributed by atoms with Crippen LogP contribution in [0, 0.1) is 0 Å². The van der Waals surface area contributed by atoms with Gasteiger partial charge in [-0.3, -0.25) is 13.7 Å². The third-order valence-electron chi connectivity index (χ3n) is 5.91. The number of aliphatic hydroxyl groups is 2. The summed E-state index contributed by atoms with van der Waals surface area (Å²) in [4.78, 5) is 21.9. The van der Waals surface area contributed by atoms with Crippen molar-refractivity contribution >= 4 is 32.7 Å². The minimum atomic E-state index is -4.10. The lowest BCUT2D eigenvalue weighted by molar-refractivity contribution is -0.00882. The fourth-order valence-electron chi connectivity index (χ4n) is 3.99. The van der Waals surface area contributed by atoms with Crippen molar-refractivity contribution in [1.29, 1.82) is 0 Å². The zero-order chi connectivity index (χ0) is 27.4. The monoisotopic (exact) mass is 562 g/mol. The molecule has 4 N–H and O–H groups in total. The van der Waals surface area contributed by atoms with E-state index in [0.29, 0.717) is 11.4 Å². The predicted molar refractivity (Wildman–Crippen MR) is 137 cm³/mol. The van der Waals surface area contributed by atoms with Crippen molar-refractivity contribution in [2.75, 3.05) is 12.4 Å². The van der Waals surface area contributed by atoms with Gasteiger partial charge in [-0.2, -0.15) is 18.2 Å². The second-order valence-corrected chi connectivity index (χ2v) is 11.3. The minimum absolute atomic E-state index is 0.0648. The molecule has 38 heavy (non-hydrogen) atoms. The van der Waals surface area contributed by atoms with E-state index in [2.05, 4.69) is 27.0 Å². The van der Waals surface area contributed by atoms with Crippen LogP contribution in [0.4, 0.5) is 5.82 Å². The van der Waals surface area contributed by atoms with E-state index in [1.165, 1.54) is 24.0 Å². The number of rotatable bonds is 11. The van der Waals surface area contributed by atoms with E-state index in [0.717, 1.165) is 12.6 Å². The highest BCUT2D eigenvalue weighted by Crippen LogP contribution is 2.28. The standard InChI is InChI=1S/C23H26N6O7S2/c1-3-37(33)15-6-4-5-14(9-15)12-29-8-7-17(28-29)20(30)16-11-25-13-26-23(16)27-18-10-19(22(32)21(18)31)36-38(34,35)24-2/h3-9,11,13,18-19,21-22,24,31-32H,1,10,12H2,2H3,(H,25,26,27)/t18-,19-,21+,22+,37+/m1/s1. The van der Waals surface area contributed by atoms with Crippen LogP contribution in [-0.2, 0) is 31.8 Å². The van der Waals surface area contributed by atoms with E-state index >= 15 is 0 Å². The summed E-state index contributed by atoms with van der Waals surface area (Å²) in [7, 11) is -4.26. The second-order valence-electron chi connectivity index (χ2n) is 8.38. The normalized spacial score (nSPS) is 22.2. The van der Waals surface area contributed by atoms with Gasteiger partial charge in [0.05, 0.1) is 28.9 Å². The van der Waals surface area contributed by atoms with Crippen LogP contribution >= 0.6 is 0 Å². The number of carbonyl (C=O) groups is 1. The van der Waals surface area contributed by atoms with Gasteiger partial charge in [0, 0.05) is 36.2 Å². The minimum Gasteiger partial charge on any atom is -0.388 e. The zero-order valence-electron chi connectivity index (χ0n) is 20.2. The van der Waals surface area contributed by atoms with E-state index in [1.807, 2.05) is 10.8 Å². The fraction of sp³-hybridized carbons (Fsp3) is 0.304. The largest absolute Gasteiger partial charge is 0.388 e. The lowest BCUT2D eigenvalue weighted by Crippen LogP contribution is -2.38. The van der Waals surface area contributed by atoms with Crippen molar-refractivity contribution < 1.29 is 31.8 Å². The molecule has 3 aromatic rings. The highest BCUT2D eigenvalue weighted by atomic mass is 32.2. The summed E-state index contributed by atoms with van der Waals surface area (Å²) in [6.07, 6.45) is -0.0470. The molecule has 1 fully saturated rings. The zero-order valence-corrected chi connectivity index (χ0v) is 21.8. The van der Waals surface area contributed by atoms with E-state index in [-0.39, 0.29) is 23.5 Å². The van der Waals surface area contributed by atoms with Crippen molar-refractivity contribution in [2.45, 2.75) is 42.2 Å². The topological polar surface area (TPSA) is 186 Å². The number of benzene rings is 1. The number of hydrogen-bond acceptors (Lipinski definition) is 11. The van der Waals surface area contributed by atoms with Crippen molar-refractivity contribution in [3.63, 3.8) is 0 Å². The third-order valence-corrected chi connectivity index (χ3v) is 7.93. The Morgan fingerprint density at radius 2 is 2.11 bits per heavy atom. The number of nitrogens with one attached hydrogen (secondary N) is 2. The first-order valence-corrected chi connectivity index (χ1v) is 14.0. The first-order valence-electron chi connectivity index (χ1n) is 11.4. The molecular formula is C23H26N6O7S2. The molecule has 0 saturated heterocycles. The van der Waals surface area contributed by atoms with Crippen molar-refractivity contribution in [3.05, 3.63) is 77.9 Å². The molecule has 0 bridgehead atoms. The summed E-state index contributed by atoms with van der Waals surface area (Å²) >= 11 is 0. The van der Waals surface area contributed by atoms with Gasteiger partial charge in [0.15, 0.2) is 0 Å². The van der Waals surface area contributed by atoms with E-state index in [1.54, 1.807) is 29.1 Å². The van der Waals surface area contributed by atoms with Crippen LogP contribution in [0.5, 0.6) is 0 Å². The molecule has 202 valence electrons. The number of aliphatic hydroxyl groups excluding tert-OH is 2. The average molecular weight is 563 g/mol. The maximum absolute atomic E-state index is 13.3. The smallest absolute Gasteiger partial charge is 0.335 e. The number of aromatic nitrogens is 4. The highest BCUT2D eigenvalue weighted by Gasteiger charge is 2.44. The maximum atomic E-state index is 13.3. The molecule has 0 radical (unpaired) electrons. The lowest BCUT2D eigenvalue weighted by atomic mass is 10.1. The molecule has 0 unspecified atom stereocenters. The van der Waals surface area contributed by atoms with Crippen LogP contribution in [-0.4, -0.2) is 79.8 Å². The SMILES string of the molecule is C=C[S@](=O)c1cccc(Cn2ccc(C(=O)c3cncnc3N[C@@H]3C[C@@H](OS(=O)(=O)NC)[C@H](O)[C@H]3O)n2)c1. The molecule has 1 aliphatic carbocycles. The summed E-state index contributed by atoms with van der Waals surface area (Å²) in [5, 5.41) is 29.3. The fourth-order valence-corrected chi connectivity index (χ4v) is 5.27. The number of ketones is 1. The lowest BCUT2D eigenvalue weighted by Gasteiger charge is -2.19. The van der Waals surface area contributed by atoms with Crippen LogP contribution in [0.25, 0.3) is 0 Å². The number of anilines is 1. The Balaban J connectivity index is 1.49. The number of hydrogen-bond donors (Lipinski definition) is 4. The van der Waals surface area contributed by atoms with Crippen molar-refractivity contribution in [3.8, 4) is 0 Å². The van der Waals surface area contributed by atoms with Crippen molar-refractivity contribution in [2.24, 2.45) is 0 Å². The Labute approximate surface area is 221 Å². The molecule has 2 aromatic heterocycles. The predicted octanol–water partition coefficient (Wildman–Crippen LogP) is -0.0411. The van der Waals surface area contributed by atoms with Gasteiger partial charge in [-0.15, -0.1) is 0 Å². The Hall–Kier alpha value is -3.34. The summed E-state index contributed by atoms with van der Waals surface area (Å²) in [6.45, 7) is 3.87. The molecule has 2 heterocycles. The Morgan fingerprint density at radius 3 is 2.84 bits per heavy atom. The van der Waals surface area contributed by atoms with Crippen LogP contribution in [0.1, 0.15) is 28.0 Å². The van der Waals surface area contributed by atoms with Crippen molar-refractivity contribution in [1.82, 2.24) is 24.5 Å². The van der Waals surface area contributed by atoms with Gasteiger partial charge in [-0.05, 0) is 23.8 Å². The molecule has 1 aromatic carbocycles. The Morgan fingerprint density at radius 1 is 1.32 bits per heavy atom. The van der Waals surface area contributed by atoms with Gasteiger partial charge < -0.3 is 15.5 Å². The summed E-state index contributed by atoms with van der Waals surface area (Å²) in [5.74, 6) is -0.417. The molecular weight excluding hydrogens is 536 g/mol. The van der Waals surface area contributed by atoms with Gasteiger partial charge in [-0.25, -0.2) is 14.2 Å². The van der Waals surface area contributed by atoms with E-state index in [4.69, 9.17) is 4.18 Å². The van der Waals surface area contributed by atoms with Gasteiger partial charge >= 0.3 is 10.3 Å². The Bertz CT molecular complexity index is 1460. The molecule has 0 aliphatic heterocycles. The van der Waals surface area contributed by atoms with Crippen LogP contribution < -0.4 is 10.0 Å². The van der Waals surface area contributed by atoms with E-state index < -0.39 is 51.2 Å². The quantitative estimate of drug-likeness (QED) is 0.230. The number of nitrogens with zero attached hydrogens (tertiary/aromatic N) is 4. The third kappa shape index (κ3) is 6.20. The van der Waals surface area contributed by atoms with Gasteiger partial charge in [0.1, 0.15) is 36.2 Å². The van der Waals surface area contributed by atoms with Gasteiger partial charge in [-0.1, -0.05) is 18.7 Å². The first kappa shape index (κ1) is 27.7. The second kappa shape index (κ2) is 11.6. The molecule has 1 aliphatic rings. The van der Waals surface area contributed by atoms with Crippen LogP contribution in [0.15, 0.2) is 65.9 Å². The molecule has 1 saturated carbocycles. The first-order chi connectivity index (χ1) is 18.1. The maximum Gasteiger partial charge on any atom is 0.335 e.